The molecule has 0 aromatic carbocycles. The van der Waals surface area contributed by atoms with E-state index in [-0.39, 0.29) is 24.9 Å². The summed E-state index contributed by atoms with van der Waals surface area (Å²) < 4.78 is 5.93. The smallest absolute Gasteiger partial charge is 0.306 e. The topological polar surface area (TPSA) is 95.9 Å². The van der Waals surface area contributed by atoms with Gasteiger partial charge in [-0.1, -0.05) is 211 Å². The van der Waals surface area contributed by atoms with Crippen LogP contribution in [0.15, 0.2) is 36.5 Å². The van der Waals surface area contributed by atoms with Crippen LogP contribution in [0.1, 0.15) is 271 Å². The Morgan fingerprint density at radius 3 is 1.32 bits per heavy atom. The molecule has 0 aliphatic heterocycles. The van der Waals surface area contributed by atoms with Crippen LogP contribution < -0.4 is 5.32 Å². The molecule has 0 spiro atoms. The molecular weight excluding hydrogens is 743 g/mol. The van der Waals surface area contributed by atoms with Gasteiger partial charge in [0, 0.05) is 6.42 Å². The van der Waals surface area contributed by atoms with E-state index in [2.05, 4.69) is 62.5 Å². The number of aliphatic hydroxyl groups excluding tert-OH is 2. The molecule has 0 fully saturated rings. The van der Waals surface area contributed by atoms with Gasteiger partial charge in [-0.05, 0) is 83.5 Å². The second kappa shape index (κ2) is 48.1. The zero-order valence-electron chi connectivity index (χ0n) is 40.1. The van der Waals surface area contributed by atoms with E-state index in [1.54, 1.807) is 0 Å². The normalized spacial score (nSPS) is 13.5. The van der Waals surface area contributed by atoms with Crippen molar-refractivity contribution >= 4 is 11.9 Å². The number of rotatable bonds is 47. The third-order valence-electron chi connectivity index (χ3n) is 11.9. The second-order valence-electron chi connectivity index (χ2n) is 17.9. The molecule has 0 saturated heterocycles. The van der Waals surface area contributed by atoms with Gasteiger partial charge in [-0.3, -0.25) is 9.59 Å². The lowest BCUT2D eigenvalue weighted by atomic mass is 10.0. The minimum atomic E-state index is -0.788. The standard InChI is InChI=1S/C54H101NO5/c1-4-7-10-13-16-19-21-23-25-26-28-30-32-35-38-41-44-47-54(59)60-50(45-42-39-36-34-31-29-27-24-22-20-17-14-11-8-5-2)48-53(58)55-51(49-56)52(57)46-43-40-37-33-18-15-12-9-6-3/h16,19,23-25,27,50-52,56-57H,4-15,17-18,20-22,26,28-49H2,1-3H3,(H,55,58)/b19-16-,25-23-,27-24+. The number of carbonyl (C=O) groups is 2. The first-order valence-electron chi connectivity index (χ1n) is 26.2. The summed E-state index contributed by atoms with van der Waals surface area (Å²) in [5.74, 6) is -0.483. The summed E-state index contributed by atoms with van der Waals surface area (Å²) in [5.41, 5.74) is 0. The Morgan fingerprint density at radius 2 is 0.850 bits per heavy atom. The van der Waals surface area contributed by atoms with Crippen LogP contribution >= 0.6 is 0 Å². The van der Waals surface area contributed by atoms with E-state index in [0.29, 0.717) is 19.3 Å². The van der Waals surface area contributed by atoms with Crippen LogP contribution in [0, 0.1) is 0 Å². The molecule has 0 aliphatic carbocycles. The first-order valence-corrected chi connectivity index (χ1v) is 26.2. The number of unbranched alkanes of at least 4 members (excludes halogenated alkanes) is 29. The Morgan fingerprint density at radius 1 is 0.483 bits per heavy atom. The summed E-state index contributed by atoms with van der Waals surface area (Å²) in [6.45, 7) is 6.44. The molecule has 6 nitrogen and oxygen atoms in total. The molecule has 0 saturated carbocycles. The number of carbonyl (C=O) groups excluding carboxylic acids is 2. The Kier molecular flexibility index (Phi) is 46.6. The highest BCUT2D eigenvalue weighted by molar-refractivity contribution is 5.77. The van der Waals surface area contributed by atoms with Crippen LogP contribution in [0.5, 0.6) is 0 Å². The van der Waals surface area contributed by atoms with Crippen molar-refractivity contribution in [3.63, 3.8) is 0 Å². The number of ether oxygens (including phenoxy) is 1. The van der Waals surface area contributed by atoms with Gasteiger partial charge in [0.05, 0.1) is 25.2 Å². The number of hydrogen-bond acceptors (Lipinski definition) is 5. The fourth-order valence-electron chi connectivity index (χ4n) is 7.93. The summed E-state index contributed by atoms with van der Waals surface area (Å²) >= 11 is 0. The predicted molar refractivity (Wildman–Crippen MR) is 259 cm³/mol. The maximum Gasteiger partial charge on any atom is 0.306 e. The van der Waals surface area contributed by atoms with Crippen molar-refractivity contribution in [3.05, 3.63) is 36.5 Å². The Labute approximate surface area is 373 Å². The lowest BCUT2D eigenvalue weighted by molar-refractivity contribution is -0.151. The molecule has 60 heavy (non-hydrogen) atoms. The number of aliphatic hydroxyl groups is 2. The largest absolute Gasteiger partial charge is 0.462 e. The third kappa shape index (κ3) is 42.8. The number of allylic oxidation sites excluding steroid dienone is 6. The predicted octanol–water partition coefficient (Wildman–Crippen LogP) is 15.7. The quantitative estimate of drug-likeness (QED) is 0.0322. The molecule has 352 valence electrons. The van der Waals surface area contributed by atoms with E-state index >= 15 is 0 Å². The van der Waals surface area contributed by atoms with Crippen LogP contribution in [0.25, 0.3) is 0 Å². The van der Waals surface area contributed by atoms with Crippen LogP contribution in [0.4, 0.5) is 0 Å². The molecule has 0 rings (SSSR count). The lowest BCUT2D eigenvalue weighted by Gasteiger charge is -2.24. The summed E-state index contributed by atoms with van der Waals surface area (Å²) in [7, 11) is 0. The summed E-state index contributed by atoms with van der Waals surface area (Å²) in [5, 5.41) is 23.7. The average molecular weight is 844 g/mol. The van der Waals surface area contributed by atoms with Crippen molar-refractivity contribution in [3.8, 4) is 0 Å². The molecule has 1 amide bonds. The van der Waals surface area contributed by atoms with Gasteiger partial charge in [-0.25, -0.2) is 0 Å². The van der Waals surface area contributed by atoms with Crippen LogP contribution in [-0.2, 0) is 14.3 Å². The van der Waals surface area contributed by atoms with E-state index < -0.39 is 18.2 Å². The monoisotopic (exact) mass is 844 g/mol. The molecule has 3 atom stereocenters. The zero-order valence-corrected chi connectivity index (χ0v) is 40.1. The highest BCUT2D eigenvalue weighted by Crippen LogP contribution is 2.18. The van der Waals surface area contributed by atoms with Gasteiger partial charge in [-0.15, -0.1) is 0 Å². The van der Waals surface area contributed by atoms with Crippen molar-refractivity contribution in [1.82, 2.24) is 5.32 Å². The number of hydrogen-bond donors (Lipinski definition) is 3. The fraction of sp³-hybridized carbons (Fsp3) is 0.852. The van der Waals surface area contributed by atoms with E-state index in [4.69, 9.17) is 4.74 Å². The van der Waals surface area contributed by atoms with Crippen molar-refractivity contribution < 1.29 is 24.5 Å². The Hall–Kier alpha value is -1.92. The van der Waals surface area contributed by atoms with E-state index in [1.807, 2.05) is 0 Å². The molecule has 3 N–H and O–H groups in total. The van der Waals surface area contributed by atoms with Crippen molar-refractivity contribution in [1.29, 1.82) is 0 Å². The minimum absolute atomic E-state index is 0.0708. The minimum Gasteiger partial charge on any atom is -0.462 e. The van der Waals surface area contributed by atoms with Crippen molar-refractivity contribution in [2.75, 3.05) is 6.61 Å². The molecule has 6 heteroatoms. The van der Waals surface area contributed by atoms with Gasteiger partial charge in [0.15, 0.2) is 0 Å². The molecule has 0 bridgehead atoms. The van der Waals surface area contributed by atoms with E-state index in [9.17, 15) is 19.8 Å². The molecule has 0 heterocycles. The number of esters is 1. The molecule has 0 radical (unpaired) electrons. The van der Waals surface area contributed by atoms with Gasteiger partial charge in [0.25, 0.3) is 0 Å². The zero-order chi connectivity index (χ0) is 43.8. The Balaban J connectivity index is 4.57. The summed E-state index contributed by atoms with van der Waals surface area (Å²) in [4.78, 5) is 26.1. The van der Waals surface area contributed by atoms with Gasteiger partial charge < -0.3 is 20.3 Å². The summed E-state index contributed by atoms with van der Waals surface area (Å²) in [6, 6.07) is -0.702. The number of amides is 1. The first-order chi connectivity index (χ1) is 29.5. The van der Waals surface area contributed by atoms with Crippen molar-refractivity contribution in [2.24, 2.45) is 0 Å². The SMILES string of the molecule is CCCCC/C=C\C/C=C\CCCCCCCCCC(=O)OC(CCCCCCC/C=C/CCCCCCCC)CC(=O)NC(CO)C(O)CCCCCCCCCCC. The summed E-state index contributed by atoms with van der Waals surface area (Å²) in [6.07, 6.45) is 56.3. The lowest BCUT2D eigenvalue weighted by Crippen LogP contribution is -2.46. The third-order valence-corrected chi connectivity index (χ3v) is 11.9. The molecule has 3 unspecified atom stereocenters. The first kappa shape index (κ1) is 58.1. The molecular formula is C54H101NO5. The highest BCUT2D eigenvalue weighted by Gasteiger charge is 2.24. The second-order valence-corrected chi connectivity index (χ2v) is 17.9. The van der Waals surface area contributed by atoms with Gasteiger partial charge >= 0.3 is 5.97 Å². The highest BCUT2D eigenvalue weighted by atomic mass is 16.5. The average Bonchev–Trinajstić information content (AvgIpc) is 3.24. The van der Waals surface area contributed by atoms with Crippen LogP contribution in [0.3, 0.4) is 0 Å². The van der Waals surface area contributed by atoms with Gasteiger partial charge in [0.2, 0.25) is 5.91 Å². The van der Waals surface area contributed by atoms with Gasteiger partial charge in [-0.2, -0.15) is 0 Å². The molecule has 0 aromatic rings. The Bertz CT molecular complexity index is 993. The maximum absolute atomic E-state index is 13.2. The van der Waals surface area contributed by atoms with Crippen LogP contribution in [-0.4, -0.2) is 46.9 Å². The molecule has 0 aromatic heterocycles. The van der Waals surface area contributed by atoms with E-state index in [0.717, 1.165) is 77.0 Å². The van der Waals surface area contributed by atoms with E-state index in [1.165, 1.54) is 148 Å². The fourth-order valence-corrected chi connectivity index (χ4v) is 7.93. The van der Waals surface area contributed by atoms with Gasteiger partial charge in [0.1, 0.15) is 6.10 Å². The number of nitrogens with one attached hydrogen (secondary N) is 1. The van der Waals surface area contributed by atoms with Crippen molar-refractivity contribution in [2.45, 2.75) is 289 Å². The van der Waals surface area contributed by atoms with Crippen LogP contribution in [0.2, 0.25) is 0 Å². The molecule has 0 aliphatic rings. The maximum atomic E-state index is 13.2.